The zero-order valence-electron chi connectivity index (χ0n) is 19.8. The highest BCUT2D eigenvalue weighted by atomic mass is 16.5. The Balaban J connectivity index is 1.44. The van der Waals surface area contributed by atoms with E-state index in [-0.39, 0.29) is 11.5 Å². The van der Waals surface area contributed by atoms with E-state index in [1.165, 1.54) is 0 Å². The minimum Gasteiger partial charge on any atom is -0.378 e. The lowest BCUT2D eigenvalue weighted by Gasteiger charge is -2.44. The number of likely N-dealkylation sites (tertiary alicyclic amines) is 1. The van der Waals surface area contributed by atoms with Crippen LogP contribution in [-0.2, 0) is 19.0 Å². The van der Waals surface area contributed by atoms with Crippen molar-refractivity contribution in [2.24, 2.45) is 5.92 Å². The summed E-state index contributed by atoms with van der Waals surface area (Å²) in [7, 11) is 1.86. The number of nitrogens with zero attached hydrogens (tertiary/aromatic N) is 2. The summed E-state index contributed by atoms with van der Waals surface area (Å²) >= 11 is 0. The molecule has 1 amide bonds. The van der Waals surface area contributed by atoms with Crippen LogP contribution in [0.15, 0.2) is 0 Å². The summed E-state index contributed by atoms with van der Waals surface area (Å²) in [4.78, 5) is 16.5. The van der Waals surface area contributed by atoms with Crippen molar-refractivity contribution in [3.8, 4) is 0 Å². The molecule has 6 heteroatoms. The molecule has 0 aromatic rings. The van der Waals surface area contributed by atoms with Crippen LogP contribution in [0.5, 0.6) is 0 Å². The molecule has 1 aliphatic carbocycles. The van der Waals surface area contributed by atoms with Crippen LogP contribution in [0.1, 0.15) is 67.2 Å². The van der Waals surface area contributed by atoms with Gasteiger partial charge in [-0.3, -0.25) is 9.69 Å². The van der Waals surface area contributed by atoms with Crippen LogP contribution >= 0.6 is 0 Å². The van der Waals surface area contributed by atoms with Crippen molar-refractivity contribution in [2.75, 3.05) is 39.9 Å². The van der Waals surface area contributed by atoms with Gasteiger partial charge in [0.1, 0.15) is 0 Å². The number of rotatable bonds is 12. The number of amides is 1. The molecule has 170 valence electrons. The molecular weight excluding hydrogens is 368 g/mol. The molecule has 0 aromatic carbocycles. The van der Waals surface area contributed by atoms with E-state index < -0.39 is 0 Å². The molecule has 2 rings (SSSR count). The maximum Gasteiger partial charge on any atom is 0.222 e. The largest absolute Gasteiger partial charge is 0.378 e. The fourth-order valence-electron chi connectivity index (χ4n) is 3.72. The molecule has 1 saturated carbocycles. The van der Waals surface area contributed by atoms with Gasteiger partial charge in [-0.1, -0.05) is 13.8 Å². The molecule has 0 spiro atoms. The molecule has 0 aromatic heterocycles. The first-order chi connectivity index (χ1) is 13.5. The molecule has 1 heterocycles. The van der Waals surface area contributed by atoms with Crippen LogP contribution in [-0.4, -0.2) is 85.6 Å². The molecule has 1 aliphatic heterocycles. The van der Waals surface area contributed by atoms with Gasteiger partial charge in [0.05, 0.1) is 30.5 Å². The topological polar surface area (TPSA) is 51.2 Å². The van der Waals surface area contributed by atoms with Gasteiger partial charge in [0.2, 0.25) is 5.91 Å². The van der Waals surface area contributed by atoms with E-state index in [2.05, 4.69) is 46.4 Å². The normalized spacial score (nSPS) is 24.3. The second-order valence-electron chi connectivity index (χ2n) is 10.2. The zero-order valence-corrected chi connectivity index (χ0v) is 19.8. The number of hydrogen-bond donors (Lipinski definition) is 0. The molecule has 0 bridgehead atoms. The second kappa shape index (κ2) is 11.1. The molecule has 2 fully saturated rings. The summed E-state index contributed by atoms with van der Waals surface area (Å²) in [6.45, 7) is 17.0. The Morgan fingerprint density at radius 1 is 1.03 bits per heavy atom. The smallest absolute Gasteiger partial charge is 0.222 e. The summed E-state index contributed by atoms with van der Waals surface area (Å²) in [6.07, 6.45) is 4.19. The molecule has 0 N–H and O–H groups in total. The van der Waals surface area contributed by atoms with Crippen molar-refractivity contribution < 1.29 is 19.0 Å². The lowest BCUT2D eigenvalue weighted by atomic mass is 9.91. The highest BCUT2D eigenvalue weighted by molar-refractivity contribution is 5.75. The van der Waals surface area contributed by atoms with Gasteiger partial charge in [-0.05, 0) is 52.9 Å². The maximum absolute atomic E-state index is 12.2. The summed E-state index contributed by atoms with van der Waals surface area (Å²) in [6, 6.07) is 0.609. The third-order valence-electron chi connectivity index (χ3n) is 6.08. The summed E-state index contributed by atoms with van der Waals surface area (Å²) in [5, 5.41) is 0. The van der Waals surface area contributed by atoms with Gasteiger partial charge in [-0.15, -0.1) is 0 Å². The molecular formula is C23H44N2O4. The van der Waals surface area contributed by atoms with E-state index in [4.69, 9.17) is 14.2 Å². The van der Waals surface area contributed by atoms with Crippen molar-refractivity contribution in [3.05, 3.63) is 0 Å². The van der Waals surface area contributed by atoms with Gasteiger partial charge >= 0.3 is 0 Å². The van der Waals surface area contributed by atoms with Crippen LogP contribution in [0, 0.1) is 5.92 Å². The Hall–Kier alpha value is -0.690. The van der Waals surface area contributed by atoms with E-state index in [1.54, 1.807) is 4.90 Å². The fraction of sp³-hybridized carbons (Fsp3) is 0.957. The Morgan fingerprint density at radius 2 is 1.66 bits per heavy atom. The molecule has 6 nitrogen and oxygen atoms in total. The lowest BCUT2D eigenvalue weighted by Crippen LogP contribution is -2.57. The maximum atomic E-state index is 12.2. The first-order valence-corrected chi connectivity index (χ1v) is 11.4. The third-order valence-corrected chi connectivity index (χ3v) is 6.08. The first kappa shape index (κ1) is 24.6. The number of hydrogen-bond acceptors (Lipinski definition) is 5. The van der Waals surface area contributed by atoms with Crippen molar-refractivity contribution in [1.82, 2.24) is 9.80 Å². The van der Waals surface area contributed by atoms with Gasteiger partial charge in [-0.2, -0.15) is 0 Å². The average molecular weight is 413 g/mol. The van der Waals surface area contributed by atoms with Gasteiger partial charge < -0.3 is 19.1 Å². The predicted octanol–water partition coefficient (Wildman–Crippen LogP) is 3.33. The van der Waals surface area contributed by atoms with E-state index in [0.717, 1.165) is 32.4 Å². The highest BCUT2D eigenvalue weighted by Crippen LogP contribution is 2.30. The lowest BCUT2D eigenvalue weighted by molar-refractivity contribution is -0.149. The number of carbonyl (C=O) groups is 1. The molecule has 1 saturated heterocycles. The molecule has 0 unspecified atom stereocenters. The SMILES string of the molecule is CC(C)[C@H](C)N1CC(OCCN(C)C(=O)CCCOC2CC(OC(C)(C)C)C2)C1. The average Bonchev–Trinajstić information content (AvgIpc) is 2.55. The second-order valence-corrected chi connectivity index (χ2v) is 10.2. The fourth-order valence-corrected chi connectivity index (χ4v) is 3.72. The Kier molecular flexibility index (Phi) is 9.39. The van der Waals surface area contributed by atoms with Gasteiger partial charge in [0, 0.05) is 45.8 Å². The van der Waals surface area contributed by atoms with Crippen molar-refractivity contribution >= 4 is 5.91 Å². The predicted molar refractivity (Wildman–Crippen MR) is 116 cm³/mol. The standard InChI is InChI=1S/C23H44N2O4/c1-17(2)18(3)25-15-21(16-25)28-12-10-24(7)22(26)9-8-11-27-19-13-20(14-19)29-23(4,5)6/h17-21H,8-16H2,1-7H3/t18-,19?,20?/m0/s1. The van der Waals surface area contributed by atoms with Gasteiger partial charge in [-0.25, -0.2) is 0 Å². The monoisotopic (exact) mass is 412 g/mol. The van der Waals surface area contributed by atoms with E-state index >= 15 is 0 Å². The Morgan fingerprint density at radius 3 is 2.24 bits per heavy atom. The van der Waals surface area contributed by atoms with E-state index in [0.29, 0.717) is 56.5 Å². The van der Waals surface area contributed by atoms with Crippen LogP contribution in [0.4, 0.5) is 0 Å². The summed E-state index contributed by atoms with van der Waals surface area (Å²) in [5.41, 5.74) is -0.0825. The van der Waals surface area contributed by atoms with Crippen LogP contribution in [0.2, 0.25) is 0 Å². The van der Waals surface area contributed by atoms with Gasteiger partial charge in [0.25, 0.3) is 0 Å². The highest BCUT2D eigenvalue weighted by Gasteiger charge is 2.34. The number of carbonyl (C=O) groups excluding carboxylic acids is 1. The minimum absolute atomic E-state index is 0.0825. The number of likely N-dealkylation sites (N-methyl/N-ethyl adjacent to an activating group) is 1. The first-order valence-electron chi connectivity index (χ1n) is 11.4. The van der Waals surface area contributed by atoms with Crippen molar-refractivity contribution in [1.29, 1.82) is 0 Å². The van der Waals surface area contributed by atoms with Crippen LogP contribution in [0.25, 0.3) is 0 Å². The molecule has 1 atom stereocenters. The number of ether oxygens (including phenoxy) is 3. The molecule has 2 aliphatic rings. The Bertz CT molecular complexity index is 494. The third kappa shape index (κ3) is 8.52. The summed E-state index contributed by atoms with van der Waals surface area (Å²) in [5.74, 6) is 0.842. The minimum atomic E-state index is -0.0825. The van der Waals surface area contributed by atoms with Crippen LogP contribution in [0.3, 0.4) is 0 Å². The van der Waals surface area contributed by atoms with Gasteiger partial charge in [0.15, 0.2) is 0 Å². The Labute approximate surface area is 178 Å². The molecule has 0 radical (unpaired) electrons. The van der Waals surface area contributed by atoms with Crippen molar-refractivity contribution in [2.45, 2.75) is 97.2 Å². The van der Waals surface area contributed by atoms with Crippen LogP contribution < -0.4 is 0 Å². The quantitative estimate of drug-likeness (QED) is 0.460. The van der Waals surface area contributed by atoms with E-state index in [1.807, 2.05) is 7.05 Å². The van der Waals surface area contributed by atoms with E-state index in [9.17, 15) is 4.79 Å². The van der Waals surface area contributed by atoms with Crippen molar-refractivity contribution in [3.63, 3.8) is 0 Å². The zero-order chi connectivity index (χ0) is 21.6. The molecule has 29 heavy (non-hydrogen) atoms. The summed E-state index contributed by atoms with van der Waals surface area (Å²) < 4.78 is 17.7.